The molecule has 1 saturated heterocycles. The third-order valence-corrected chi connectivity index (χ3v) is 4.89. The van der Waals surface area contributed by atoms with Crippen LogP contribution >= 0.6 is 0 Å². The van der Waals surface area contributed by atoms with Gasteiger partial charge in [-0.2, -0.15) is 0 Å². The molecule has 0 saturated carbocycles. The molecule has 2 aromatic carbocycles. The van der Waals surface area contributed by atoms with Crippen molar-refractivity contribution < 1.29 is 9.18 Å². The van der Waals surface area contributed by atoms with Crippen LogP contribution in [0.25, 0.3) is 0 Å². The molecule has 1 aliphatic rings. The maximum Gasteiger partial charge on any atom is 0.317 e. The number of hydrogen-bond donors (Lipinski definition) is 1. The maximum absolute atomic E-state index is 13.6. The second kappa shape index (κ2) is 8.21. The number of hydrogen-bond acceptors (Lipinski definition) is 2. The fourth-order valence-corrected chi connectivity index (χ4v) is 3.43. The second-order valence-electron chi connectivity index (χ2n) is 6.84. The smallest absolute Gasteiger partial charge is 0.317 e. The lowest BCUT2D eigenvalue weighted by Crippen LogP contribution is -2.52. The molecule has 1 aliphatic heterocycles. The Morgan fingerprint density at radius 1 is 1.08 bits per heavy atom. The Balaban J connectivity index is 1.47. The van der Waals surface area contributed by atoms with Crippen LogP contribution in [-0.4, -0.2) is 43.7 Å². The number of aryl methyl sites for hydroxylation is 2. The topological polar surface area (TPSA) is 35.6 Å². The average Bonchev–Trinajstić information content (AvgIpc) is 2.63. The van der Waals surface area contributed by atoms with Gasteiger partial charge in [-0.3, -0.25) is 0 Å². The number of piperazine rings is 1. The molecule has 0 aliphatic carbocycles. The van der Waals surface area contributed by atoms with Crippen LogP contribution in [0.2, 0.25) is 0 Å². The Labute approximate surface area is 154 Å². The van der Waals surface area contributed by atoms with Gasteiger partial charge in [0.2, 0.25) is 0 Å². The normalized spacial score (nSPS) is 14.4. The first kappa shape index (κ1) is 18.2. The van der Waals surface area contributed by atoms with E-state index >= 15 is 0 Å². The molecule has 0 unspecified atom stereocenters. The van der Waals surface area contributed by atoms with Gasteiger partial charge in [-0.15, -0.1) is 0 Å². The third-order valence-electron chi connectivity index (χ3n) is 4.89. The molecular formula is C21H26FN3O. The first-order valence-electron chi connectivity index (χ1n) is 9.13. The first-order chi connectivity index (χ1) is 12.5. The molecule has 0 aromatic heterocycles. The fourth-order valence-electron chi connectivity index (χ4n) is 3.43. The number of nitrogens with zero attached hydrogens (tertiary/aromatic N) is 2. The maximum atomic E-state index is 13.6. The number of halogens is 1. The standard InChI is InChI=1S/C21H26FN3O/c1-16-7-8-20(17(2)15-16)24-11-13-25(14-12-24)21(26)23-10-9-18-5-3-4-6-19(18)22/h3-8,15H,9-14H2,1-2H3,(H,23,26). The van der Waals surface area contributed by atoms with Crippen LogP contribution in [-0.2, 0) is 6.42 Å². The highest BCUT2D eigenvalue weighted by Crippen LogP contribution is 2.22. The van der Waals surface area contributed by atoms with Crippen molar-refractivity contribution in [1.29, 1.82) is 0 Å². The molecule has 0 radical (unpaired) electrons. The van der Waals surface area contributed by atoms with Crippen LogP contribution in [0.3, 0.4) is 0 Å². The van der Waals surface area contributed by atoms with Gasteiger partial charge in [0.25, 0.3) is 0 Å². The summed E-state index contributed by atoms with van der Waals surface area (Å²) in [4.78, 5) is 16.5. The largest absolute Gasteiger partial charge is 0.368 e. The van der Waals surface area contributed by atoms with Gasteiger partial charge in [0.1, 0.15) is 5.82 Å². The molecule has 1 heterocycles. The number of carbonyl (C=O) groups excluding carboxylic acids is 1. The molecule has 0 atom stereocenters. The van der Waals surface area contributed by atoms with Crippen molar-refractivity contribution >= 4 is 11.7 Å². The van der Waals surface area contributed by atoms with Crippen LogP contribution in [0, 0.1) is 19.7 Å². The Kier molecular flexibility index (Phi) is 5.76. The van der Waals surface area contributed by atoms with E-state index in [-0.39, 0.29) is 11.8 Å². The minimum Gasteiger partial charge on any atom is -0.368 e. The number of urea groups is 1. The van der Waals surface area contributed by atoms with Gasteiger partial charge in [0, 0.05) is 38.4 Å². The van der Waals surface area contributed by atoms with Crippen LogP contribution < -0.4 is 10.2 Å². The summed E-state index contributed by atoms with van der Waals surface area (Å²) in [6.07, 6.45) is 0.501. The Bertz CT molecular complexity index is 770. The number of rotatable bonds is 4. The fraction of sp³-hybridized carbons (Fsp3) is 0.381. The van der Waals surface area contributed by atoms with Crippen molar-refractivity contribution in [2.24, 2.45) is 0 Å². The van der Waals surface area contributed by atoms with Gasteiger partial charge in [0.15, 0.2) is 0 Å². The predicted molar refractivity (Wildman–Crippen MR) is 103 cm³/mol. The molecule has 0 spiro atoms. The highest BCUT2D eigenvalue weighted by atomic mass is 19.1. The zero-order valence-electron chi connectivity index (χ0n) is 15.5. The highest BCUT2D eigenvalue weighted by Gasteiger charge is 2.21. The number of anilines is 1. The lowest BCUT2D eigenvalue weighted by Gasteiger charge is -2.36. The van der Waals surface area contributed by atoms with E-state index in [1.165, 1.54) is 22.9 Å². The van der Waals surface area contributed by atoms with E-state index in [1.807, 2.05) is 11.0 Å². The Hall–Kier alpha value is -2.56. The van der Waals surface area contributed by atoms with E-state index in [4.69, 9.17) is 0 Å². The lowest BCUT2D eigenvalue weighted by atomic mass is 10.1. The monoisotopic (exact) mass is 355 g/mol. The van der Waals surface area contributed by atoms with Gasteiger partial charge in [-0.1, -0.05) is 35.9 Å². The Morgan fingerprint density at radius 2 is 1.81 bits per heavy atom. The minimum absolute atomic E-state index is 0.0679. The third kappa shape index (κ3) is 4.34. The van der Waals surface area contributed by atoms with Crippen molar-refractivity contribution in [1.82, 2.24) is 10.2 Å². The van der Waals surface area contributed by atoms with E-state index in [0.717, 1.165) is 13.1 Å². The van der Waals surface area contributed by atoms with E-state index in [1.54, 1.807) is 12.1 Å². The van der Waals surface area contributed by atoms with Gasteiger partial charge in [-0.05, 0) is 43.5 Å². The van der Waals surface area contributed by atoms with Gasteiger partial charge in [0.05, 0.1) is 0 Å². The molecule has 1 N–H and O–H groups in total. The van der Waals surface area contributed by atoms with E-state index < -0.39 is 0 Å². The molecule has 1 fully saturated rings. The average molecular weight is 355 g/mol. The molecule has 2 amide bonds. The molecule has 138 valence electrons. The van der Waals surface area contributed by atoms with Gasteiger partial charge < -0.3 is 15.1 Å². The quantitative estimate of drug-likeness (QED) is 0.911. The molecule has 2 aromatic rings. The summed E-state index contributed by atoms with van der Waals surface area (Å²) in [7, 11) is 0. The van der Waals surface area contributed by atoms with Crippen LogP contribution in [0.4, 0.5) is 14.9 Å². The summed E-state index contributed by atoms with van der Waals surface area (Å²) >= 11 is 0. The van der Waals surface area contributed by atoms with Crippen molar-refractivity contribution in [3.05, 3.63) is 65.0 Å². The summed E-state index contributed by atoms with van der Waals surface area (Å²) < 4.78 is 13.6. The number of nitrogens with one attached hydrogen (secondary N) is 1. The zero-order valence-corrected chi connectivity index (χ0v) is 15.5. The minimum atomic E-state index is -0.219. The van der Waals surface area contributed by atoms with E-state index in [2.05, 4.69) is 42.3 Å². The van der Waals surface area contributed by atoms with Crippen molar-refractivity contribution in [3.63, 3.8) is 0 Å². The SMILES string of the molecule is Cc1ccc(N2CCN(C(=O)NCCc3ccccc3F)CC2)c(C)c1. The molecule has 5 heteroatoms. The molecule has 4 nitrogen and oxygen atoms in total. The number of carbonyl (C=O) groups is 1. The second-order valence-corrected chi connectivity index (χ2v) is 6.84. The summed E-state index contributed by atoms with van der Waals surface area (Å²) in [6.45, 7) is 7.70. The van der Waals surface area contributed by atoms with Crippen LogP contribution in [0.15, 0.2) is 42.5 Å². The summed E-state index contributed by atoms with van der Waals surface area (Å²) in [5.41, 5.74) is 4.41. The molecule has 3 rings (SSSR count). The van der Waals surface area contributed by atoms with E-state index in [0.29, 0.717) is 31.6 Å². The number of amides is 2. The Morgan fingerprint density at radius 3 is 2.50 bits per heavy atom. The summed E-state index contributed by atoms with van der Waals surface area (Å²) in [5.74, 6) is -0.219. The van der Waals surface area contributed by atoms with Crippen molar-refractivity contribution in [2.45, 2.75) is 20.3 Å². The van der Waals surface area contributed by atoms with Crippen LogP contribution in [0.1, 0.15) is 16.7 Å². The highest BCUT2D eigenvalue weighted by molar-refractivity contribution is 5.74. The molecule has 26 heavy (non-hydrogen) atoms. The van der Waals surface area contributed by atoms with Gasteiger partial charge >= 0.3 is 6.03 Å². The summed E-state index contributed by atoms with van der Waals surface area (Å²) in [6, 6.07) is 13.1. The number of benzene rings is 2. The van der Waals surface area contributed by atoms with Crippen molar-refractivity contribution in [3.8, 4) is 0 Å². The summed E-state index contributed by atoms with van der Waals surface area (Å²) in [5, 5.41) is 2.90. The lowest BCUT2D eigenvalue weighted by molar-refractivity contribution is 0.194. The predicted octanol–water partition coefficient (Wildman–Crippen LogP) is 3.52. The van der Waals surface area contributed by atoms with Crippen molar-refractivity contribution in [2.75, 3.05) is 37.6 Å². The first-order valence-corrected chi connectivity index (χ1v) is 9.13. The van der Waals surface area contributed by atoms with Crippen LogP contribution in [0.5, 0.6) is 0 Å². The molecule has 0 bridgehead atoms. The van der Waals surface area contributed by atoms with E-state index in [9.17, 15) is 9.18 Å². The van der Waals surface area contributed by atoms with Gasteiger partial charge in [-0.25, -0.2) is 9.18 Å². The molecular weight excluding hydrogens is 329 g/mol. The zero-order chi connectivity index (χ0) is 18.5.